The molecule has 1 rings (SSSR count). The Hall–Kier alpha value is -0.380. The van der Waals surface area contributed by atoms with Crippen LogP contribution in [0.3, 0.4) is 0 Å². The van der Waals surface area contributed by atoms with Crippen molar-refractivity contribution in [3.8, 4) is 0 Å². The van der Waals surface area contributed by atoms with E-state index >= 15 is 0 Å². The molecule has 0 N–H and O–H groups in total. The summed E-state index contributed by atoms with van der Waals surface area (Å²) < 4.78 is 10.4. The molecule has 122 valence electrons. The highest BCUT2D eigenvalue weighted by molar-refractivity contribution is 4.77. The molecule has 0 radical (unpaired) electrons. The molecule has 20 heavy (non-hydrogen) atoms. The first-order chi connectivity index (χ1) is 9.51. The minimum Gasteiger partial charge on any atom is -0.385 e. The van der Waals surface area contributed by atoms with E-state index in [1.54, 1.807) is 7.11 Å². The van der Waals surface area contributed by atoms with Crippen LogP contribution in [0.1, 0.15) is 53.4 Å². The Morgan fingerprint density at radius 3 is 2.05 bits per heavy atom. The first-order valence-electron chi connectivity index (χ1n) is 7.93. The highest BCUT2D eigenvalue weighted by Crippen LogP contribution is 2.21. The molecule has 1 aliphatic rings. The van der Waals surface area contributed by atoms with Crippen molar-refractivity contribution in [2.45, 2.75) is 71.6 Å². The summed E-state index contributed by atoms with van der Waals surface area (Å²) in [7, 11) is 6.01. The van der Waals surface area contributed by atoms with E-state index in [1.165, 1.54) is 12.8 Å². The third-order valence-corrected chi connectivity index (χ3v) is 3.16. The molecule has 3 nitrogen and oxygen atoms in total. The Bertz CT molecular complexity index is 197. The van der Waals surface area contributed by atoms with Gasteiger partial charge < -0.3 is 14.4 Å². The number of unbranched alkanes of at least 4 members (excludes halogenated alkanes) is 1. The Balaban J connectivity index is 0. The lowest BCUT2D eigenvalue weighted by atomic mass is 9.99. The van der Waals surface area contributed by atoms with E-state index in [2.05, 4.69) is 39.4 Å². The molecule has 1 heterocycles. The summed E-state index contributed by atoms with van der Waals surface area (Å²) >= 11 is 0. The molecule has 0 spiro atoms. The van der Waals surface area contributed by atoms with Crippen molar-refractivity contribution in [1.82, 2.24) is 4.90 Å². The Morgan fingerprint density at radius 1 is 1.20 bits per heavy atom. The third kappa shape index (κ3) is 12.6. The van der Waals surface area contributed by atoms with Gasteiger partial charge in [-0.15, -0.1) is 6.58 Å². The maximum Gasteiger partial charge on any atom is 0.0565 e. The van der Waals surface area contributed by atoms with Crippen molar-refractivity contribution >= 4 is 0 Å². The van der Waals surface area contributed by atoms with Crippen molar-refractivity contribution in [3.05, 3.63) is 12.7 Å². The molecule has 3 atom stereocenters. The zero-order valence-electron chi connectivity index (χ0n) is 14.8. The summed E-state index contributed by atoms with van der Waals surface area (Å²) in [5.74, 6) is 0. The quantitative estimate of drug-likeness (QED) is 0.560. The average molecular weight is 287 g/mol. The van der Waals surface area contributed by atoms with Crippen LogP contribution < -0.4 is 0 Å². The van der Waals surface area contributed by atoms with E-state index in [1.807, 2.05) is 19.9 Å². The molecule has 0 aromatic rings. The van der Waals surface area contributed by atoms with Gasteiger partial charge in [0.05, 0.1) is 12.2 Å². The first kappa shape index (κ1) is 21.9. The van der Waals surface area contributed by atoms with E-state index in [4.69, 9.17) is 9.47 Å². The number of rotatable bonds is 5. The minimum absolute atomic E-state index is 0.436. The lowest BCUT2D eigenvalue weighted by molar-refractivity contribution is -0.0578. The normalized spacial score (nSPS) is 25.1. The molecule has 0 saturated carbocycles. The Labute approximate surface area is 127 Å². The second-order valence-corrected chi connectivity index (χ2v) is 5.27. The van der Waals surface area contributed by atoms with Gasteiger partial charge in [0.15, 0.2) is 0 Å². The second-order valence-electron chi connectivity index (χ2n) is 5.27. The molecule has 0 bridgehead atoms. The highest BCUT2D eigenvalue weighted by atomic mass is 16.5. The minimum atomic E-state index is 0.436. The van der Waals surface area contributed by atoms with Gasteiger partial charge in [-0.1, -0.05) is 19.9 Å². The molecule has 3 heteroatoms. The Kier molecular flexibility index (Phi) is 16.5. The van der Waals surface area contributed by atoms with Crippen molar-refractivity contribution in [1.29, 1.82) is 0 Å². The molecule has 2 unspecified atom stereocenters. The van der Waals surface area contributed by atoms with Gasteiger partial charge in [0.25, 0.3) is 0 Å². The number of nitrogens with zero attached hydrogens (tertiary/aromatic N) is 1. The SMILES string of the molecule is C=CCCCOC.CC.CC1CC(N(C)C)C[C@H](C)O1. The molecule has 1 aliphatic heterocycles. The molecular formula is C17H37NO2. The van der Waals surface area contributed by atoms with Crippen molar-refractivity contribution < 1.29 is 9.47 Å². The van der Waals surface area contributed by atoms with Gasteiger partial charge in [-0.3, -0.25) is 0 Å². The molecule has 0 aromatic carbocycles. The van der Waals surface area contributed by atoms with Crippen LogP contribution in [0.15, 0.2) is 12.7 Å². The first-order valence-corrected chi connectivity index (χ1v) is 7.93. The summed E-state index contributed by atoms with van der Waals surface area (Å²) in [6.07, 6.45) is 7.29. The zero-order valence-corrected chi connectivity index (χ0v) is 14.8. The van der Waals surface area contributed by atoms with Gasteiger partial charge in [0.2, 0.25) is 0 Å². The lowest BCUT2D eigenvalue weighted by Gasteiger charge is -2.35. The zero-order chi connectivity index (χ0) is 16.0. The summed E-state index contributed by atoms with van der Waals surface area (Å²) in [6.45, 7) is 12.7. The van der Waals surface area contributed by atoms with Crippen molar-refractivity contribution in [2.24, 2.45) is 0 Å². The second kappa shape index (κ2) is 15.0. The van der Waals surface area contributed by atoms with E-state index in [-0.39, 0.29) is 0 Å². The van der Waals surface area contributed by atoms with Crippen LogP contribution in [-0.4, -0.2) is 51.0 Å². The van der Waals surface area contributed by atoms with Crippen molar-refractivity contribution in [3.63, 3.8) is 0 Å². The number of hydrogen-bond acceptors (Lipinski definition) is 3. The molecular weight excluding hydrogens is 250 g/mol. The number of allylic oxidation sites excluding steroid dienone is 1. The maximum absolute atomic E-state index is 5.64. The van der Waals surface area contributed by atoms with Gasteiger partial charge in [-0.25, -0.2) is 0 Å². The maximum atomic E-state index is 5.64. The van der Waals surface area contributed by atoms with Crippen LogP contribution in [-0.2, 0) is 9.47 Å². The van der Waals surface area contributed by atoms with E-state index in [0.29, 0.717) is 18.2 Å². The predicted molar refractivity (Wildman–Crippen MR) is 89.4 cm³/mol. The fourth-order valence-electron chi connectivity index (χ4n) is 2.16. The summed E-state index contributed by atoms with van der Waals surface area (Å²) in [5.41, 5.74) is 0. The fourth-order valence-corrected chi connectivity index (χ4v) is 2.16. The van der Waals surface area contributed by atoms with E-state index < -0.39 is 0 Å². The molecule has 0 aromatic heterocycles. The van der Waals surface area contributed by atoms with Crippen LogP contribution >= 0.6 is 0 Å². The molecule has 0 aliphatic carbocycles. The summed E-state index contributed by atoms with van der Waals surface area (Å²) in [4.78, 5) is 2.30. The smallest absolute Gasteiger partial charge is 0.0565 e. The van der Waals surface area contributed by atoms with Crippen LogP contribution in [0, 0.1) is 0 Å². The molecule has 1 saturated heterocycles. The van der Waals surface area contributed by atoms with Crippen LogP contribution in [0.25, 0.3) is 0 Å². The summed E-state index contributed by atoms with van der Waals surface area (Å²) in [5, 5.41) is 0. The molecule has 1 fully saturated rings. The third-order valence-electron chi connectivity index (χ3n) is 3.16. The van der Waals surface area contributed by atoms with Gasteiger partial charge in [-0.2, -0.15) is 0 Å². The van der Waals surface area contributed by atoms with Gasteiger partial charge in [0, 0.05) is 19.8 Å². The van der Waals surface area contributed by atoms with Crippen LogP contribution in [0.4, 0.5) is 0 Å². The van der Waals surface area contributed by atoms with Crippen LogP contribution in [0.5, 0.6) is 0 Å². The van der Waals surface area contributed by atoms with Crippen molar-refractivity contribution in [2.75, 3.05) is 27.8 Å². The highest BCUT2D eigenvalue weighted by Gasteiger charge is 2.25. The standard InChI is InChI=1S/C9H19NO.C6H12O.C2H6/c1-7-5-9(10(3)4)6-8(2)11-7;1-3-4-5-6-7-2;1-2/h7-9H,5-6H2,1-4H3;3H,1,4-6H2,2H3;1-2H3/t7-,8?,9?;;/m0../s1. The molecule has 0 amide bonds. The topological polar surface area (TPSA) is 21.7 Å². The predicted octanol–water partition coefficient (Wildman–Crippen LogP) is 4.13. The van der Waals surface area contributed by atoms with Gasteiger partial charge in [-0.05, 0) is 53.6 Å². The number of ether oxygens (including phenoxy) is 2. The fraction of sp³-hybridized carbons (Fsp3) is 0.882. The van der Waals surface area contributed by atoms with E-state index in [0.717, 1.165) is 19.4 Å². The number of methoxy groups -OCH3 is 1. The average Bonchev–Trinajstić information content (AvgIpc) is 2.41. The van der Waals surface area contributed by atoms with Gasteiger partial charge >= 0.3 is 0 Å². The van der Waals surface area contributed by atoms with Gasteiger partial charge in [0.1, 0.15) is 0 Å². The number of hydrogen-bond donors (Lipinski definition) is 0. The van der Waals surface area contributed by atoms with Crippen LogP contribution in [0.2, 0.25) is 0 Å². The Morgan fingerprint density at radius 2 is 1.70 bits per heavy atom. The largest absolute Gasteiger partial charge is 0.385 e. The lowest BCUT2D eigenvalue weighted by Crippen LogP contribution is -2.40. The summed E-state index contributed by atoms with van der Waals surface area (Å²) in [6, 6.07) is 0.716. The monoisotopic (exact) mass is 287 g/mol. The van der Waals surface area contributed by atoms with E-state index in [9.17, 15) is 0 Å².